The summed E-state index contributed by atoms with van der Waals surface area (Å²) in [6, 6.07) is 0. The van der Waals surface area contributed by atoms with Crippen LogP contribution in [0.1, 0.15) is 361 Å². The maximum absolute atomic E-state index is 12.9. The van der Waals surface area contributed by atoms with Gasteiger partial charge >= 0.3 is 17.9 Å². The Hall–Kier alpha value is -3.15. The van der Waals surface area contributed by atoms with Crippen LogP contribution in [0, 0.1) is 0 Å². The van der Waals surface area contributed by atoms with E-state index in [9.17, 15) is 14.4 Å². The molecule has 0 aliphatic carbocycles. The number of hydrogen-bond donors (Lipinski definition) is 0. The second-order valence-corrected chi connectivity index (χ2v) is 23.4. The number of allylic oxidation sites excluding steroid dienone is 12. The van der Waals surface area contributed by atoms with Crippen molar-refractivity contribution in [3.8, 4) is 0 Å². The van der Waals surface area contributed by atoms with Gasteiger partial charge in [0.25, 0.3) is 0 Å². The minimum Gasteiger partial charge on any atom is -0.462 e. The number of unbranched alkanes of at least 4 members (excludes halogenated alkanes) is 41. The summed E-state index contributed by atoms with van der Waals surface area (Å²) in [7, 11) is 0. The monoisotopic (exact) mass is 1120 g/mol. The van der Waals surface area contributed by atoms with Gasteiger partial charge < -0.3 is 14.2 Å². The van der Waals surface area contributed by atoms with E-state index in [1.165, 1.54) is 212 Å². The van der Waals surface area contributed by atoms with Crippen LogP contribution in [0.5, 0.6) is 0 Å². The number of ether oxygens (including phenoxy) is 3. The van der Waals surface area contributed by atoms with Gasteiger partial charge in [-0.05, 0) is 109 Å². The second-order valence-electron chi connectivity index (χ2n) is 23.4. The first-order valence-electron chi connectivity index (χ1n) is 34.9. The number of esters is 3. The van der Waals surface area contributed by atoms with E-state index >= 15 is 0 Å². The lowest BCUT2D eigenvalue weighted by Gasteiger charge is -2.18. The van der Waals surface area contributed by atoms with Gasteiger partial charge in [-0.15, -0.1) is 0 Å². The maximum atomic E-state index is 12.9. The zero-order chi connectivity index (χ0) is 57.8. The van der Waals surface area contributed by atoms with Gasteiger partial charge in [-0.2, -0.15) is 0 Å². The van der Waals surface area contributed by atoms with Crippen LogP contribution in [0.15, 0.2) is 72.9 Å². The van der Waals surface area contributed by atoms with Crippen LogP contribution in [0.25, 0.3) is 0 Å². The fourth-order valence-electron chi connectivity index (χ4n) is 10.2. The van der Waals surface area contributed by atoms with E-state index in [2.05, 4.69) is 93.7 Å². The van der Waals surface area contributed by atoms with Crippen molar-refractivity contribution < 1.29 is 28.6 Å². The molecule has 464 valence electrons. The van der Waals surface area contributed by atoms with Crippen molar-refractivity contribution in [3.63, 3.8) is 0 Å². The Labute approximate surface area is 497 Å². The van der Waals surface area contributed by atoms with E-state index in [4.69, 9.17) is 14.2 Å². The van der Waals surface area contributed by atoms with Crippen LogP contribution >= 0.6 is 0 Å². The largest absolute Gasteiger partial charge is 0.462 e. The third-order valence-electron chi connectivity index (χ3n) is 15.4. The Morgan fingerprint density at radius 3 is 0.800 bits per heavy atom. The summed E-state index contributed by atoms with van der Waals surface area (Å²) in [5.74, 6) is -0.892. The van der Waals surface area contributed by atoms with E-state index < -0.39 is 6.10 Å². The van der Waals surface area contributed by atoms with E-state index in [0.29, 0.717) is 19.3 Å². The Balaban J connectivity index is 4.06. The molecule has 6 nitrogen and oxygen atoms in total. The van der Waals surface area contributed by atoms with Crippen molar-refractivity contribution in [3.05, 3.63) is 72.9 Å². The molecular formula is C74H132O6. The molecule has 0 fully saturated rings. The molecule has 80 heavy (non-hydrogen) atoms. The molecule has 0 amide bonds. The molecule has 1 unspecified atom stereocenters. The molecule has 0 N–H and O–H groups in total. The van der Waals surface area contributed by atoms with Gasteiger partial charge in [0.1, 0.15) is 13.2 Å². The first-order chi connectivity index (χ1) is 39.5. The van der Waals surface area contributed by atoms with Gasteiger partial charge in [0, 0.05) is 19.3 Å². The molecule has 0 aliphatic heterocycles. The van der Waals surface area contributed by atoms with Crippen molar-refractivity contribution in [1.29, 1.82) is 0 Å². The normalized spacial score (nSPS) is 12.5. The molecule has 0 saturated carbocycles. The van der Waals surface area contributed by atoms with Crippen molar-refractivity contribution >= 4 is 17.9 Å². The van der Waals surface area contributed by atoms with Crippen LogP contribution in [0.3, 0.4) is 0 Å². The third kappa shape index (κ3) is 65.7. The Morgan fingerprint density at radius 2 is 0.487 bits per heavy atom. The molecular weight excluding hydrogens is 985 g/mol. The molecule has 1 atom stereocenters. The van der Waals surface area contributed by atoms with Crippen LogP contribution in [0.2, 0.25) is 0 Å². The van der Waals surface area contributed by atoms with E-state index in [-0.39, 0.29) is 31.1 Å². The van der Waals surface area contributed by atoms with Crippen LogP contribution < -0.4 is 0 Å². The fourth-order valence-corrected chi connectivity index (χ4v) is 10.2. The summed E-state index contributed by atoms with van der Waals surface area (Å²) in [4.78, 5) is 38.3. The zero-order valence-corrected chi connectivity index (χ0v) is 53.3. The quantitative estimate of drug-likeness (QED) is 0.0261. The zero-order valence-electron chi connectivity index (χ0n) is 53.3. The van der Waals surface area contributed by atoms with E-state index in [0.717, 1.165) is 109 Å². The molecule has 0 saturated heterocycles. The first kappa shape index (κ1) is 76.9. The highest BCUT2D eigenvalue weighted by Crippen LogP contribution is 2.18. The highest BCUT2D eigenvalue weighted by molar-refractivity contribution is 5.71. The Morgan fingerprint density at radius 1 is 0.263 bits per heavy atom. The highest BCUT2D eigenvalue weighted by atomic mass is 16.6. The molecule has 0 radical (unpaired) electrons. The summed E-state index contributed by atoms with van der Waals surface area (Å²) in [5, 5.41) is 0. The molecule has 0 aromatic heterocycles. The summed E-state index contributed by atoms with van der Waals surface area (Å²) in [5.41, 5.74) is 0. The lowest BCUT2D eigenvalue weighted by molar-refractivity contribution is -0.167. The van der Waals surface area contributed by atoms with Gasteiger partial charge in [-0.25, -0.2) is 0 Å². The first-order valence-corrected chi connectivity index (χ1v) is 34.9. The van der Waals surface area contributed by atoms with Crippen LogP contribution in [0.4, 0.5) is 0 Å². The average Bonchev–Trinajstić information content (AvgIpc) is 3.46. The van der Waals surface area contributed by atoms with Crippen molar-refractivity contribution in [2.24, 2.45) is 0 Å². The lowest BCUT2D eigenvalue weighted by atomic mass is 10.0. The second kappa shape index (κ2) is 68.3. The summed E-state index contributed by atoms with van der Waals surface area (Å²) in [6.07, 6.45) is 89.5. The fraction of sp³-hybridized carbons (Fsp3) is 0.797. The predicted octanol–water partition coefficient (Wildman–Crippen LogP) is 24.1. The summed E-state index contributed by atoms with van der Waals surface area (Å²) in [6.45, 7) is 6.51. The molecule has 0 aromatic carbocycles. The minimum absolute atomic E-state index is 0.0817. The smallest absolute Gasteiger partial charge is 0.306 e. The van der Waals surface area contributed by atoms with E-state index in [1.54, 1.807) is 0 Å². The lowest BCUT2D eigenvalue weighted by Crippen LogP contribution is -2.30. The molecule has 0 aromatic rings. The van der Waals surface area contributed by atoms with Crippen LogP contribution in [-0.4, -0.2) is 37.2 Å². The van der Waals surface area contributed by atoms with Gasteiger partial charge in [0.2, 0.25) is 0 Å². The molecule has 0 spiro atoms. The molecule has 0 bridgehead atoms. The van der Waals surface area contributed by atoms with Crippen molar-refractivity contribution in [2.45, 2.75) is 367 Å². The van der Waals surface area contributed by atoms with Crippen LogP contribution in [-0.2, 0) is 28.6 Å². The standard InChI is InChI=1S/C74H132O6/c1-4-7-10-13-16-19-22-25-27-28-29-30-31-32-33-34-35-36-37-38-39-40-41-42-43-44-45-46-48-49-52-55-58-61-64-67-73(76)79-70-71(69-78-72(75)66-63-60-57-54-51-24-21-18-15-12-9-6-3)80-74(77)68-65-62-59-56-53-50-47-26-23-20-17-14-11-8-5-2/h8,11,17-18,20-22,25-26,28-29,47,71H,4-7,9-10,12-16,19,23-24,27,30-46,48-70H2,1-3H3/b11-8-,20-17-,21-18-,25-22-,29-28-,47-26-. The number of hydrogen-bond acceptors (Lipinski definition) is 6. The molecule has 0 rings (SSSR count). The van der Waals surface area contributed by atoms with Gasteiger partial charge in [0.15, 0.2) is 6.10 Å². The molecule has 0 aliphatic rings. The molecule has 6 heteroatoms. The summed E-state index contributed by atoms with van der Waals surface area (Å²) < 4.78 is 16.9. The number of carbonyl (C=O) groups is 3. The van der Waals surface area contributed by atoms with Gasteiger partial charge in [-0.1, -0.05) is 306 Å². The number of rotatable bonds is 64. The topological polar surface area (TPSA) is 78.9 Å². The number of carbonyl (C=O) groups excluding carboxylic acids is 3. The Bertz CT molecular complexity index is 1470. The van der Waals surface area contributed by atoms with Gasteiger partial charge in [0.05, 0.1) is 0 Å². The third-order valence-corrected chi connectivity index (χ3v) is 15.4. The van der Waals surface area contributed by atoms with Gasteiger partial charge in [-0.3, -0.25) is 14.4 Å². The maximum Gasteiger partial charge on any atom is 0.306 e. The SMILES string of the molecule is CC/C=C\C/C=C\C/C=C\CCCCCCCC(=O)OC(COC(=O)CCCCCCC/C=C\CCCCC)COC(=O)CCCCCCCCCCCCCCCCCCCCCCCCC/C=C\C/C=C\CCCCCCC. The average molecular weight is 1120 g/mol. The summed E-state index contributed by atoms with van der Waals surface area (Å²) >= 11 is 0. The predicted molar refractivity (Wildman–Crippen MR) is 348 cm³/mol. The highest BCUT2D eigenvalue weighted by Gasteiger charge is 2.19. The Kier molecular flexibility index (Phi) is 65.7. The minimum atomic E-state index is -0.786. The van der Waals surface area contributed by atoms with E-state index in [1.807, 2.05) is 0 Å². The molecule has 0 heterocycles. The van der Waals surface area contributed by atoms with Crippen molar-refractivity contribution in [2.75, 3.05) is 13.2 Å². The van der Waals surface area contributed by atoms with Crippen molar-refractivity contribution in [1.82, 2.24) is 0 Å².